The summed E-state index contributed by atoms with van der Waals surface area (Å²) < 4.78 is 26.1. The van der Waals surface area contributed by atoms with Crippen molar-refractivity contribution in [3.05, 3.63) is 53.3 Å². The number of ether oxygens (including phenoxy) is 2. The number of aryl methyl sites for hydroxylation is 2. The average molecular weight is 415 g/mol. The van der Waals surface area contributed by atoms with E-state index in [9.17, 15) is 9.18 Å². The fourth-order valence-electron chi connectivity index (χ4n) is 3.42. The topological polar surface area (TPSA) is 51.7 Å². The summed E-state index contributed by atoms with van der Waals surface area (Å²) in [7, 11) is 0. The molecule has 1 aliphatic rings. The maximum absolute atomic E-state index is 13.8. The number of rotatable bonds is 6. The number of hydrogen-bond acceptors (Lipinski definition) is 5. The molecule has 0 bridgehead atoms. The molecule has 1 atom stereocenters. The first-order chi connectivity index (χ1) is 14.0. The SMILES string of the molecule is Cc1ccc(C)c2sc(N(CC3CCCO3)C(=O)COc3ccccc3F)nc12. The molecule has 1 saturated heterocycles. The molecule has 1 aliphatic heterocycles. The molecular weight excluding hydrogens is 391 g/mol. The van der Waals surface area contributed by atoms with Gasteiger partial charge in [0.15, 0.2) is 23.3 Å². The van der Waals surface area contributed by atoms with Crippen LogP contribution in [0.3, 0.4) is 0 Å². The molecule has 3 aromatic rings. The van der Waals surface area contributed by atoms with Gasteiger partial charge in [-0.2, -0.15) is 0 Å². The molecule has 0 aliphatic carbocycles. The van der Waals surface area contributed by atoms with Crippen LogP contribution in [0.15, 0.2) is 36.4 Å². The summed E-state index contributed by atoms with van der Waals surface area (Å²) in [4.78, 5) is 19.4. The Kier molecular flexibility index (Phi) is 5.78. The number of thiazole rings is 1. The van der Waals surface area contributed by atoms with Gasteiger partial charge in [-0.3, -0.25) is 9.69 Å². The van der Waals surface area contributed by atoms with Crippen LogP contribution < -0.4 is 9.64 Å². The van der Waals surface area contributed by atoms with Gasteiger partial charge in [0, 0.05) is 6.61 Å². The smallest absolute Gasteiger partial charge is 0.266 e. The Morgan fingerprint density at radius 3 is 2.79 bits per heavy atom. The summed E-state index contributed by atoms with van der Waals surface area (Å²) in [6.45, 7) is 4.91. The summed E-state index contributed by atoms with van der Waals surface area (Å²) in [6, 6.07) is 10.2. The largest absolute Gasteiger partial charge is 0.481 e. The van der Waals surface area contributed by atoms with Crippen LogP contribution in [0.1, 0.15) is 24.0 Å². The van der Waals surface area contributed by atoms with E-state index >= 15 is 0 Å². The lowest BCUT2D eigenvalue weighted by Crippen LogP contribution is -2.40. The lowest BCUT2D eigenvalue weighted by atomic mass is 10.1. The second-order valence-corrected chi connectivity index (χ2v) is 8.21. The van der Waals surface area contributed by atoms with Crippen molar-refractivity contribution in [3.8, 4) is 5.75 Å². The van der Waals surface area contributed by atoms with Crippen LogP contribution in [0.4, 0.5) is 9.52 Å². The summed E-state index contributed by atoms with van der Waals surface area (Å²) in [6.07, 6.45) is 1.86. The quantitative estimate of drug-likeness (QED) is 0.590. The Labute approximate surface area is 173 Å². The van der Waals surface area contributed by atoms with Gasteiger partial charge in [0.25, 0.3) is 5.91 Å². The summed E-state index contributed by atoms with van der Waals surface area (Å²) in [5.74, 6) is -0.691. The van der Waals surface area contributed by atoms with Crippen molar-refractivity contribution in [1.29, 1.82) is 0 Å². The van der Waals surface area contributed by atoms with Gasteiger partial charge in [-0.25, -0.2) is 9.37 Å². The standard InChI is InChI=1S/C22H23FN2O3S/c1-14-9-10-15(2)21-20(14)24-22(29-21)25(12-16-6-5-11-27-16)19(26)13-28-18-8-4-3-7-17(18)23/h3-4,7-10,16H,5-6,11-13H2,1-2H3. The van der Waals surface area contributed by atoms with Crippen LogP contribution in [0.2, 0.25) is 0 Å². The highest BCUT2D eigenvalue weighted by Gasteiger charge is 2.27. The number of carbonyl (C=O) groups excluding carboxylic acids is 1. The van der Waals surface area contributed by atoms with Gasteiger partial charge in [-0.1, -0.05) is 35.6 Å². The van der Waals surface area contributed by atoms with Crippen LogP contribution in [-0.4, -0.2) is 36.8 Å². The number of para-hydroxylation sites is 1. The molecule has 4 rings (SSSR count). The van der Waals surface area contributed by atoms with E-state index in [2.05, 4.69) is 6.07 Å². The Bertz CT molecular complexity index is 991. The third-order valence-corrected chi connectivity index (χ3v) is 6.27. The molecule has 2 aromatic carbocycles. The molecule has 0 N–H and O–H groups in total. The van der Waals surface area contributed by atoms with Crippen molar-refractivity contribution < 1.29 is 18.7 Å². The van der Waals surface area contributed by atoms with E-state index < -0.39 is 5.82 Å². The first-order valence-corrected chi connectivity index (χ1v) is 10.5. The van der Waals surface area contributed by atoms with Gasteiger partial charge < -0.3 is 9.47 Å². The summed E-state index contributed by atoms with van der Waals surface area (Å²) >= 11 is 1.49. The number of aromatic nitrogens is 1. The van der Waals surface area contributed by atoms with E-state index in [1.807, 2.05) is 19.9 Å². The fraction of sp³-hybridized carbons (Fsp3) is 0.364. The van der Waals surface area contributed by atoms with Gasteiger partial charge in [-0.05, 0) is 49.9 Å². The highest BCUT2D eigenvalue weighted by Crippen LogP contribution is 2.34. The number of amides is 1. The molecule has 0 radical (unpaired) electrons. The number of carbonyl (C=O) groups is 1. The van der Waals surface area contributed by atoms with E-state index in [1.54, 1.807) is 17.0 Å². The zero-order chi connectivity index (χ0) is 20.4. The van der Waals surface area contributed by atoms with E-state index in [1.165, 1.54) is 23.5 Å². The summed E-state index contributed by atoms with van der Waals surface area (Å²) in [5, 5.41) is 0.620. The Morgan fingerprint density at radius 2 is 2.07 bits per heavy atom. The highest BCUT2D eigenvalue weighted by molar-refractivity contribution is 7.22. The molecule has 0 spiro atoms. The van der Waals surface area contributed by atoms with Crippen LogP contribution in [-0.2, 0) is 9.53 Å². The first kappa shape index (κ1) is 19.8. The molecule has 1 fully saturated rings. The first-order valence-electron chi connectivity index (χ1n) is 9.69. The monoisotopic (exact) mass is 414 g/mol. The second-order valence-electron chi connectivity index (χ2n) is 7.23. The Balaban J connectivity index is 1.60. The van der Waals surface area contributed by atoms with Crippen molar-refractivity contribution in [2.75, 3.05) is 24.7 Å². The molecule has 0 saturated carbocycles. The van der Waals surface area contributed by atoms with Gasteiger partial charge in [0.2, 0.25) is 0 Å². The van der Waals surface area contributed by atoms with E-state index in [-0.39, 0.29) is 24.4 Å². The van der Waals surface area contributed by atoms with Gasteiger partial charge in [-0.15, -0.1) is 0 Å². The molecule has 1 unspecified atom stereocenters. The molecular formula is C22H23FN2O3S. The zero-order valence-electron chi connectivity index (χ0n) is 16.5. The van der Waals surface area contributed by atoms with E-state index in [4.69, 9.17) is 14.5 Å². The van der Waals surface area contributed by atoms with Crippen molar-refractivity contribution >= 4 is 32.6 Å². The van der Waals surface area contributed by atoms with Crippen molar-refractivity contribution in [2.45, 2.75) is 32.8 Å². The van der Waals surface area contributed by atoms with Gasteiger partial charge >= 0.3 is 0 Å². The predicted octanol–water partition coefficient (Wildman–Crippen LogP) is 4.64. The minimum atomic E-state index is -0.489. The average Bonchev–Trinajstić information content (AvgIpc) is 3.38. The molecule has 1 amide bonds. The lowest BCUT2D eigenvalue weighted by molar-refractivity contribution is -0.121. The van der Waals surface area contributed by atoms with E-state index in [0.717, 1.165) is 34.2 Å². The lowest BCUT2D eigenvalue weighted by Gasteiger charge is -2.23. The second kappa shape index (κ2) is 8.47. The Hall–Kier alpha value is -2.51. The van der Waals surface area contributed by atoms with Crippen LogP contribution in [0, 0.1) is 19.7 Å². The number of benzene rings is 2. The molecule has 7 heteroatoms. The molecule has 29 heavy (non-hydrogen) atoms. The Morgan fingerprint density at radius 1 is 1.28 bits per heavy atom. The number of hydrogen-bond donors (Lipinski definition) is 0. The summed E-state index contributed by atoms with van der Waals surface area (Å²) in [5.41, 5.74) is 3.10. The number of nitrogens with zero attached hydrogens (tertiary/aromatic N) is 2. The van der Waals surface area contributed by atoms with Crippen molar-refractivity contribution in [2.24, 2.45) is 0 Å². The zero-order valence-corrected chi connectivity index (χ0v) is 17.3. The maximum Gasteiger partial charge on any atom is 0.266 e. The van der Waals surface area contributed by atoms with Gasteiger partial charge in [0.05, 0.1) is 22.9 Å². The van der Waals surface area contributed by atoms with Crippen LogP contribution in [0.5, 0.6) is 5.75 Å². The third kappa shape index (κ3) is 4.26. The number of anilines is 1. The van der Waals surface area contributed by atoms with Crippen molar-refractivity contribution in [3.63, 3.8) is 0 Å². The molecule has 1 aromatic heterocycles. The molecule has 5 nitrogen and oxygen atoms in total. The van der Waals surface area contributed by atoms with Crippen LogP contribution >= 0.6 is 11.3 Å². The van der Waals surface area contributed by atoms with Crippen LogP contribution in [0.25, 0.3) is 10.2 Å². The number of fused-ring (bicyclic) bond motifs is 1. The van der Waals surface area contributed by atoms with E-state index in [0.29, 0.717) is 18.3 Å². The minimum Gasteiger partial charge on any atom is -0.481 e. The predicted molar refractivity (Wildman–Crippen MR) is 112 cm³/mol. The third-order valence-electron chi connectivity index (χ3n) is 5.06. The molecule has 2 heterocycles. The highest BCUT2D eigenvalue weighted by atomic mass is 32.1. The minimum absolute atomic E-state index is 0.0263. The normalized spacial score (nSPS) is 16.3. The van der Waals surface area contributed by atoms with Crippen molar-refractivity contribution in [1.82, 2.24) is 4.98 Å². The fourth-order valence-corrected chi connectivity index (χ4v) is 4.56. The maximum atomic E-state index is 13.8. The molecule has 152 valence electrons. The van der Waals surface area contributed by atoms with Gasteiger partial charge in [0.1, 0.15) is 0 Å². The number of halogens is 1.